The Labute approximate surface area is 283 Å². The van der Waals surface area contributed by atoms with Gasteiger partial charge in [-0.15, -0.1) is 0 Å². The molecule has 0 radical (unpaired) electrons. The highest BCUT2D eigenvalue weighted by atomic mass is 16.3. The first-order valence-electron chi connectivity index (χ1n) is 14.9. The normalized spacial score (nSPS) is 11.3. The summed E-state index contributed by atoms with van der Waals surface area (Å²) in [6.45, 7) is 0. The Morgan fingerprint density at radius 3 is 0.600 bits per heavy atom. The molecule has 0 unspecified atom stereocenters. The van der Waals surface area contributed by atoms with E-state index in [1.807, 2.05) is 0 Å². The van der Waals surface area contributed by atoms with E-state index in [1.165, 1.54) is 48.5 Å². The first-order valence-corrected chi connectivity index (χ1v) is 14.9. The van der Waals surface area contributed by atoms with Gasteiger partial charge in [0.2, 0.25) is 0 Å². The number of hydrogen-bond acceptors (Lipinski definition) is 12. The van der Waals surface area contributed by atoms with Crippen LogP contribution in [0, 0.1) is 0 Å². The van der Waals surface area contributed by atoms with Crippen molar-refractivity contribution in [2.45, 2.75) is 11.8 Å². The molecule has 6 aromatic carbocycles. The standard InChI is InChI=1S/C38H30O12/c39-25-9-21(10-26(40)35(25)47)33(22-11-27(41)36(48)28(42)12-22)19-5-1-17(2-6-19)18-3-7-20(8-4-18)34(23-13-29(43)37(49)30(44)14-23)24-15-31(45)38(50)32(46)16-24/h1-16,33-34,39-50H. The van der Waals surface area contributed by atoms with Gasteiger partial charge >= 0.3 is 0 Å². The zero-order chi connectivity index (χ0) is 36.0. The summed E-state index contributed by atoms with van der Waals surface area (Å²) >= 11 is 0. The number of benzene rings is 6. The lowest BCUT2D eigenvalue weighted by Crippen LogP contribution is -2.04. The number of hydrogen-bond donors (Lipinski definition) is 12. The molecule has 0 aliphatic rings. The first-order chi connectivity index (χ1) is 23.7. The van der Waals surface area contributed by atoms with Gasteiger partial charge in [0.15, 0.2) is 69.0 Å². The molecule has 0 aliphatic heterocycles. The Morgan fingerprint density at radius 1 is 0.240 bits per heavy atom. The van der Waals surface area contributed by atoms with Gasteiger partial charge in [-0.25, -0.2) is 0 Å². The van der Waals surface area contributed by atoms with Crippen molar-refractivity contribution in [3.05, 3.63) is 130 Å². The van der Waals surface area contributed by atoms with Gasteiger partial charge in [-0.05, 0) is 93.0 Å². The van der Waals surface area contributed by atoms with Gasteiger partial charge in [0, 0.05) is 11.8 Å². The second kappa shape index (κ2) is 12.5. The maximum Gasteiger partial charge on any atom is 0.200 e. The highest BCUT2D eigenvalue weighted by Crippen LogP contribution is 2.47. The van der Waals surface area contributed by atoms with Crippen molar-refractivity contribution < 1.29 is 61.3 Å². The zero-order valence-electron chi connectivity index (χ0n) is 25.8. The van der Waals surface area contributed by atoms with Gasteiger partial charge in [-0.1, -0.05) is 48.5 Å². The lowest BCUT2D eigenvalue weighted by molar-refractivity contribution is 0.365. The van der Waals surface area contributed by atoms with Crippen LogP contribution in [-0.4, -0.2) is 61.3 Å². The first kappa shape index (κ1) is 32.8. The number of phenols is 12. The zero-order valence-corrected chi connectivity index (χ0v) is 25.8. The van der Waals surface area contributed by atoms with E-state index < -0.39 is 80.8 Å². The molecule has 12 heteroatoms. The van der Waals surface area contributed by atoms with Crippen molar-refractivity contribution in [2.75, 3.05) is 0 Å². The monoisotopic (exact) mass is 678 g/mol. The van der Waals surface area contributed by atoms with E-state index in [-0.39, 0.29) is 0 Å². The van der Waals surface area contributed by atoms with Gasteiger partial charge in [-0.3, -0.25) is 0 Å². The molecule has 254 valence electrons. The van der Waals surface area contributed by atoms with Crippen LogP contribution in [0.3, 0.4) is 0 Å². The van der Waals surface area contributed by atoms with Crippen LogP contribution in [0.1, 0.15) is 45.2 Å². The SMILES string of the molecule is Oc1cc(C(c2ccc(-c3ccc(C(c4cc(O)c(O)c(O)c4)c4cc(O)c(O)c(O)c4)cc3)cc2)c2cc(O)c(O)c(O)c2)cc(O)c1O. The van der Waals surface area contributed by atoms with Crippen molar-refractivity contribution in [2.24, 2.45) is 0 Å². The molecule has 0 atom stereocenters. The molecule has 0 aromatic heterocycles. The molecule has 0 bridgehead atoms. The highest BCUT2D eigenvalue weighted by Gasteiger charge is 2.25. The van der Waals surface area contributed by atoms with Gasteiger partial charge in [0.05, 0.1) is 0 Å². The van der Waals surface area contributed by atoms with Crippen molar-refractivity contribution in [1.82, 2.24) is 0 Å². The fourth-order valence-corrected chi connectivity index (χ4v) is 6.06. The van der Waals surface area contributed by atoms with Crippen LogP contribution < -0.4 is 0 Å². The molecule has 6 aromatic rings. The minimum Gasteiger partial charge on any atom is -0.504 e. The fraction of sp³-hybridized carbons (Fsp3) is 0.0526. The third kappa shape index (κ3) is 5.92. The molecular weight excluding hydrogens is 648 g/mol. The van der Waals surface area contributed by atoms with Crippen LogP contribution in [0.25, 0.3) is 11.1 Å². The molecule has 0 heterocycles. The third-order valence-electron chi connectivity index (χ3n) is 8.52. The predicted molar refractivity (Wildman–Crippen MR) is 180 cm³/mol. The van der Waals surface area contributed by atoms with Crippen molar-refractivity contribution >= 4 is 0 Å². The smallest absolute Gasteiger partial charge is 0.200 e. The maximum atomic E-state index is 10.2. The lowest BCUT2D eigenvalue weighted by atomic mass is 9.83. The Kier molecular flexibility index (Phi) is 8.21. The van der Waals surface area contributed by atoms with Crippen molar-refractivity contribution in [3.8, 4) is 80.1 Å². The van der Waals surface area contributed by atoms with Gasteiger partial charge in [0.25, 0.3) is 0 Å². The van der Waals surface area contributed by atoms with E-state index in [9.17, 15) is 61.3 Å². The predicted octanol–water partition coefficient (Wildman–Crippen LogP) is 6.18. The fourth-order valence-electron chi connectivity index (χ4n) is 6.06. The summed E-state index contributed by atoms with van der Waals surface area (Å²) in [5.41, 5.74) is 3.82. The average molecular weight is 679 g/mol. The van der Waals surface area contributed by atoms with Crippen LogP contribution in [0.4, 0.5) is 0 Å². The molecule has 0 saturated carbocycles. The van der Waals surface area contributed by atoms with E-state index in [4.69, 9.17) is 0 Å². The summed E-state index contributed by atoms with van der Waals surface area (Å²) in [5, 5.41) is 122. The van der Waals surface area contributed by atoms with E-state index in [0.29, 0.717) is 33.4 Å². The molecule has 0 spiro atoms. The summed E-state index contributed by atoms with van der Waals surface area (Å²) in [5.74, 6) is -9.25. The van der Waals surface area contributed by atoms with Crippen molar-refractivity contribution in [3.63, 3.8) is 0 Å². The quantitative estimate of drug-likeness (QED) is 0.0669. The number of rotatable bonds is 7. The number of phenolic OH excluding ortho intramolecular Hbond substituents is 12. The van der Waals surface area contributed by atoms with Crippen LogP contribution in [0.5, 0.6) is 69.0 Å². The largest absolute Gasteiger partial charge is 0.504 e. The molecular formula is C38H30O12. The molecule has 0 aliphatic carbocycles. The van der Waals surface area contributed by atoms with E-state index in [0.717, 1.165) is 11.1 Å². The van der Waals surface area contributed by atoms with Gasteiger partial charge in [0.1, 0.15) is 0 Å². The van der Waals surface area contributed by atoms with Crippen LogP contribution >= 0.6 is 0 Å². The second-order valence-corrected chi connectivity index (χ2v) is 11.7. The minimum atomic E-state index is -0.807. The average Bonchev–Trinajstić information content (AvgIpc) is 3.08. The highest BCUT2D eigenvalue weighted by molar-refractivity contribution is 5.67. The summed E-state index contributed by atoms with van der Waals surface area (Å²) in [7, 11) is 0. The van der Waals surface area contributed by atoms with Gasteiger partial charge < -0.3 is 61.3 Å². The minimum absolute atomic E-state index is 0.294. The molecule has 12 N–H and O–H groups in total. The molecule has 6 rings (SSSR count). The molecule has 50 heavy (non-hydrogen) atoms. The second-order valence-electron chi connectivity index (χ2n) is 11.7. The van der Waals surface area contributed by atoms with Crippen LogP contribution in [0.15, 0.2) is 97.1 Å². The maximum absolute atomic E-state index is 10.2. The number of aromatic hydroxyl groups is 12. The van der Waals surface area contributed by atoms with Crippen molar-refractivity contribution in [1.29, 1.82) is 0 Å². The summed E-state index contributed by atoms with van der Waals surface area (Å²) in [6, 6.07) is 23.9. The third-order valence-corrected chi connectivity index (χ3v) is 8.52. The Balaban J connectivity index is 1.40. The Hall–Kier alpha value is -7.08. The lowest BCUT2D eigenvalue weighted by Gasteiger charge is -2.22. The molecule has 0 fully saturated rings. The summed E-state index contributed by atoms with van der Waals surface area (Å²) < 4.78 is 0. The summed E-state index contributed by atoms with van der Waals surface area (Å²) in [4.78, 5) is 0. The molecule has 0 amide bonds. The van der Waals surface area contributed by atoms with Crippen LogP contribution in [-0.2, 0) is 0 Å². The van der Waals surface area contributed by atoms with E-state index in [1.54, 1.807) is 48.5 Å². The van der Waals surface area contributed by atoms with E-state index >= 15 is 0 Å². The van der Waals surface area contributed by atoms with E-state index in [2.05, 4.69) is 0 Å². The Morgan fingerprint density at radius 2 is 0.420 bits per heavy atom. The molecule has 12 nitrogen and oxygen atoms in total. The summed E-state index contributed by atoms with van der Waals surface area (Å²) in [6.07, 6.45) is 0. The Bertz CT molecular complexity index is 1880. The molecule has 0 saturated heterocycles. The topological polar surface area (TPSA) is 243 Å². The van der Waals surface area contributed by atoms with Crippen LogP contribution in [0.2, 0.25) is 0 Å². The van der Waals surface area contributed by atoms with Gasteiger partial charge in [-0.2, -0.15) is 0 Å².